The first kappa shape index (κ1) is 33.0. The number of ether oxygens (including phenoxy) is 2. The summed E-state index contributed by atoms with van der Waals surface area (Å²) in [6.45, 7) is 4.28. The highest BCUT2D eigenvalue weighted by Gasteiger charge is 2.31. The van der Waals surface area contributed by atoms with Crippen molar-refractivity contribution < 1.29 is 36.6 Å². The van der Waals surface area contributed by atoms with Crippen LogP contribution >= 0.6 is 0 Å². The second-order valence-corrected chi connectivity index (χ2v) is 12.9. The minimum absolute atomic E-state index is 0.0672. The van der Waals surface area contributed by atoms with E-state index in [1.807, 2.05) is 6.92 Å². The largest absolute Gasteiger partial charge is 0.457 e. The van der Waals surface area contributed by atoms with Gasteiger partial charge in [0, 0.05) is 75.0 Å². The number of piperidine rings is 1. The van der Waals surface area contributed by atoms with Crippen molar-refractivity contribution in [3.05, 3.63) is 69.9 Å². The number of carbonyl (C=O) groups is 2. The van der Waals surface area contributed by atoms with Crippen molar-refractivity contribution in [3.63, 3.8) is 0 Å². The number of benzene rings is 2. The van der Waals surface area contributed by atoms with E-state index in [1.165, 1.54) is 36.4 Å². The van der Waals surface area contributed by atoms with Gasteiger partial charge < -0.3 is 29.2 Å². The predicted molar refractivity (Wildman–Crippen MR) is 166 cm³/mol. The standard InChI is InChI=1S/C34H38F4N4O5/c1-21-14-31(43)42(18-21)19-23-16-29(35)28(32(44)39-24-5-10-40(11-6-24)25-7-12-46-13-8-25)17-30(23)47-26-2-3-27-22(15-26)4-9-41(33(27)45)20-34(36,37)38/h2-4,9,15-17,21,24-25H,5-8,10-14,18-20H2,1H3,(H,39,44). The quantitative estimate of drug-likeness (QED) is 0.333. The van der Waals surface area contributed by atoms with Crippen molar-refractivity contribution in [1.82, 2.24) is 19.7 Å². The number of amides is 2. The first-order chi connectivity index (χ1) is 22.4. The summed E-state index contributed by atoms with van der Waals surface area (Å²) in [7, 11) is 0. The number of rotatable bonds is 8. The topological polar surface area (TPSA) is 93.1 Å². The van der Waals surface area contributed by atoms with Crippen molar-refractivity contribution in [2.75, 3.05) is 32.8 Å². The Morgan fingerprint density at radius 1 is 1.04 bits per heavy atom. The summed E-state index contributed by atoms with van der Waals surface area (Å²) in [6.07, 6.45) is 0.358. The van der Waals surface area contributed by atoms with Crippen LogP contribution in [0, 0.1) is 11.7 Å². The third kappa shape index (κ3) is 7.78. The zero-order valence-corrected chi connectivity index (χ0v) is 26.2. The Morgan fingerprint density at radius 2 is 1.79 bits per heavy atom. The molecular formula is C34H38F4N4O5. The number of nitrogens with one attached hydrogen (secondary N) is 1. The highest BCUT2D eigenvalue weighted by Crippen LogP contribution is 2.33. The maximum absolute atomic E-state index is 15.6. The number of pyridine rings is 1. The van der Waals surface area contributed by atoms with Gasteiger partial charge in [-0.3, -0.25) is 14.4 Å². The van der Waals surface area contributed by atoms with Gasteiger partial charge in [0.2, 0.25) is 5.91 Å². The molecule has 1 atom stereocenters. The first-order valence-electron chi connectivity index (χ1n) is 16.0. The lowest BCUT2D eigenvalue weighted by atomic mass is 9.99. The summed E-state index contributed by atoms with van der Waals surface area (Å²) >= 11 is 0. The normalized spacial score (nSPS) is 20.2. The Morgan fingerprint density at radius 3 is 2.47 bits per heavy atom. The van der Waals surface area contributed by atoms with E-state index in [4.69, 9.17) is 9.47 Å². The van der Waals surface area contributed by atoms with Crippen LogP contribution in [0.3, 0.4) is 0 Å². The van der Waals surface area contributed by atoms with E-state index in [1.54, 1.807) is 4.90 Å². The maximum Gasteiger partial charge on any atom is 0.406 e. The molecule has 0 radical (unpaired) electrons. The molecule has 0 aliphatic carbocycles. The molecule has 0 bridgehead atoms. The highest BCUT2D eigenvalue weighted by molar-refractivity contribution is 5.95. The van der Waals surface area contributed by atoms with E-state index < -0.39 is 30.0 Å². The molecule has 3 aromatic rings. The predicted octanol–water partition coefficient (Wildman–Crippen LogP) is 5.24. The average Bonchev–Trinajstić information content (AvgIpc) is 3.35. The van der Waals surface area contributed by atoms with Gasteiger partial charge in [-0.2, -0.15) is 13.2 Å². The lowest BCUT2D eigenvalue weighted by Crippen LogP contribution is -2.49. The van der Waals surface area contributed by atoms with Crippen LogP contribution in [0.1, 0.15) is 54.9 Å². The molecule has 47 heavy (non-hydrogen) atoms. The van der Waals surface area contributed by atoms with Gasteiger partial charge in [0.1, 0.15) is 23.9 Å². The lowest BCUT2D eigenvalue weighted by Gasteiger charge is -2.39. The van der Waals surface area contributed by atoms with Crippen LogP contribution in [0.5, 0.6) is 11.5 Å². The number of hydrogen-bond acceptors (Lipinski definition) is 6. The molecule has 3 aliphatic rings. The number of hydrogen-bond donors (Lipinski definition) is 1. The van der Waals surface area contributed by atoms with Gasteiger partial charge in [-0.25, -0.2) is 4.39 Å². The van der Waals surface area contributed by atoms with Crippen molar-refractivity contribution >= 4 is 22.6 Å². The molecule has 9 nitrogen and oxygen atoms in total. The highest BCUT2D eigenvalue weighted by atomic mass is 19.4. The number of fused-ring (bicyclic) bond motifs is 1. The minimum atomic E-state index is -4.56. The summed E-state index contributed by atoms with van der Waals surface area (Å²) in [5.74, 6) is -0.861. The summed E-state index contributed by atoms with van der Waals surface area (Å²) in [5, 5.41) is 3.40. The van der Waals surface area contributed by atoms with Gasteiger partial charge in [-0.1, -0.05) is 6.92 Å². The fourth-order valence-corrected chi connectivity index (χ4v) is 6.81. The zero-order valence-electron chi connectivity index (χ0n) is 26.2. The summed E-state index contributed by atoms with van der Waals surface area (Å²) < 4.78 is 66.6. The van der Waals surface area contributed by atoms with Crippen LogP contribution in [0.15, 0.2) is 47.4 Å². The number of carbonyl (C=O) groups excluding carboxylic acids is 2. The molecule has 252 valence electrons. The van der Waals surface area contributed by atoms with Crippen molar-refractivity contribution in [3.8, 4) is 11.5 Å². The molecule has 3 saturated heterocycles. The smallest absolute Gasteiger partial charge is 0.406 e. The Hall–Kier alpha value is -3.97. The summed E-state index contributed by atoms with van der Waals surface area (Å²) in [6, 6.07) is 8.59. The number of likely N-dealkylation sites (tertiary alicyclic amines) is 2. The van der Waals surface area contributed by atoms with Crippen LogP contribution in [0.2, 0.25) is 0 Å². The SMILES string of the molecule is CC1CC(=O)N(Cc2cc(F)c(C(=O)NC3CCN(C4CCOCC4)CC3)cc2Oc2ccc3c(=O)n(CC(F)(F)F)ccc3c2)C1. The van der Waals surface area contributed by atoms with E-state index in [0.717, 1.165) is 58.2 Å². The van der Waals surface area contributed by atoms with Crippen molar-refractivity contribution in [2.45, 2.75) is 70.4 Å². The fourth-order valence-electron chi connectivity index (χ4n) is 6.81. The second kappa shape index (κ2) is 13.6. The van der Waals surface area contributed by atoms with Crippen LogP contribution < -0.4 is 15.6 Å². The molecule has 3 fully saturated rings. The molecule has 0 saturated carbocycles. The van der Waals surface area contributed by atoms with Crippen LogP contribution in [-0.2, 0) is 22.6 Å². The Labute approximate surface area is 269 Å². The number of aromatic nitrogens is 1. The van der Waals surface area contributed by atoms with E-state index in [0.29, 0.717) is 34.5 Å². The van der Waals surface area contributed by atoms with E-state index in [2.05, 4.69) is 10.2 Å². The molecule has 1 aromatic heterocycles. The van der Waals surface area contributed by atoms with Gasteiger partial charge in [0.15, 0.2) is 0 Å². The third-order valence-corrected chi connectivity index (χ3v) is 9.26. The number of nitrogens with zero attached hydrogens (tertiary/aromatic N) is 3. The first-order valence-corrected chi connectivity index (χ1v) is 16.0. The van der Waals surface area contributed by atoms with E-state index in [-0.39, 0.29) is 46.9 Å². The molecule has 2 aromatic carbocycles. The van der Waals surface area contributed by atoms with Crippen molar-refractivity contribution in [1.29, 1.82) is 0 Å². The molecule has 3 aliphatic heterocycles. The second-order valence-electron chi connectivity index (χ2n) is 12.9. The van der Waals surface area contributed by atoms with Crippen LogP contribution in [0.4, 0.5) is 17.6 Å². The molecule has 2 amide bonds. The molecule has 0 spiro atoms. The maximum atomic E-state index is 15.6. The van der Waals surface area contributed by atoms with Crippen LogP contribution in [-0.4, -0.2) is 77.3 Å². The third-order valence-electron chi connectivity index (χ3n) is 9.26. The molecule has 4 heterocycles. The van der Waals surface area contributed by atoms with Gasteiger partial charge in [0.25, 0.3) is 11.5 Å². The lowest BCUT2D eigenvalue weighted by molar-refractivity contribution is -0.141. The van der Waals surface area contributed by atoms with E-state index in [9.17, 15) is 27.6 Å². The molecular weight excluding hydrogens is 620 g/mol. The van der Waals surface area contributed by atoms with E-state index >= 15 is 4.39 Å². The number of halogens is 4. The monoisotopic (exact) mass is 658 g/mol. The van der Waals surface area contributed by atoms with Gasteiger partial charge in [-0.15, -0.1) is 0 Å². The Kier molecular flexibility index (Phi) is 9.56. The Bertz CT molecular complexity index is 1700. The molecule has 13 heteroatoms. The fraction of sp³-hybridized carbons (Fsp3) is 0.500. The van der Waals surface area contributed by atoms with Gasteiger partial charge in [-0.05, 0) is 73.4 Å². The molecule has 6 rings (SSSR count). The van der Waals surface area contributed by atoms with Gasteiger partial charge in [0.05, 0.1) is 5.56 Å². The summed E-state index contributed by atoms with van der Waals surface area (Å²) in [4.78, 5) is 42.7. The minimum Gasteiger partial charge on any atom is -0.457 e. The van der Waals surface area contributed by atoms with Crippen molar-refractivity contribution in [2.24, 2.45) is 5.92 Å². The molecule has 1 unspecified atom stereocenters. The zero-order chi connectivity index (χ0) is 33.3. The van der Waals surface area contributed by atoms with Gasteiger partial charge >= 0.3 is 6.18 Å². The Balaban J connectivity index is 1.23. The van der Waals surface area contributed by atoms with Crippen LogP contribution in [0.25, 0.3) is 10.8 Å². The average molecular weight is 659 g/mol. The summed E-state index contributed by atoms with van der Waals surface area (Å²) in [5.41, 5.74) is -0.646. The molecule has 1 N–H and O–H groups in total. The number of alkyl halides is 3.